The van der Waals surface area contributed by atoms with Crippen molar-refractivity contribution in [2.75, 3.05) is 27.9 Å². The molecule has 0 aromatic heterocycles. The maximum atomic E-state index is 6.22. The Bertz CT molecular complexity index is 781. The molecule has 0 bridgehead atoms. The molecule has 146 valence electrons. The van der Waals surface area contributed by atoms with Crippen LogP contribution in [0.1, 0.15) is 18.1 Å². The molecule has 0 radical (unpaired) electrons. The van der Waals surface area contributed by atoms with Crippen molar-refractivity contribution in [1.29, 1.82) is 0 Å². The Morgan fingerprint density at radius 3 is 2.22 bits per heavy atom. The van der Waals surface area contributed by atoms with Gasteiger partial charge in [0.15, 0.2) is 17.5 Å². The number of hydrogen-bond acceptors (Lipinski definition) is 4. The summed E-state index contributed by atoms with van der Waals surface area (Å²) in [6.07, 6.45) is 0. The van der Waals surface area contributed by atoms with Crippen molar-refractivity contribution < 1.29 is 14.2 Å². The van der Waals surface area contributed by atoms with E-state index < -0.39 is 0 Å². The van der Waals surface area contributed by atoms with Crippen LogP contribution in [-0.2, 0) is 13.1 Å². The topological polar surface area (TPSA) is 64.1 Å². The molecule has 0 aliphatic carbocycles. The van der Waals surface area contributed by atoms with Crippen molar-refractivity contribution in [3.05, 3.63) is 52.5 Å². The van der Waals surface area contributed by atoms with E-state index in [1.54, 1.807) is 27.4 Å². The van der Waals surface area contributed by atoms with Gasteiger partial charge < -0.3 is 24.8 Å². The quantitative estimate of drug-likeness (QED) is 0.531. The summed E-state index contributed by atoms with van der Waals surface area (Å²) in [6.45, 7) is 3.76. The Labute approximate surface area is 165 Å². The molecule has 2 aromatic carbocycles. The van der Waals surface area contributed by atoms with Crippen LogP contribution in [0.2, 0.25) is 5.02 Å². The van der Waals surface area contributed by atoms with Gasteiger partial charge in [-0.2, -0.15) is 0 Å². The average molecular weight is 392 g/mol. The zero-order valence-electron chi connectivity index (χ0n) is 16.1. The number of methoxy groups -OCH3 is 3. The van der Waals surface area contributed by atoms with Crippen molar-refractivity contribution in [2.45, 2.75) is 20.0 Å². The first kappa shape index (κ1) is 20.7. The highest BCUT2D eigenvalue weighted by Gasteiger charge is 2.12. The van der Waals surface area contributed by atoms with Crippen LogP contribution in [-0.4, -0.2) is 33.8 Å². The summed E-state index contributed by atoms with van der Waals surface area (Å²) in [6, 6.07) is 11.4. The fourth-order valence-electron chi connectivity index (χ4n) is 2.54. The van der Waals surface area contributed by atoms with Crippen LogP contribution in [0.4, 0.5) is 0 Å². The Kier molecular flexibility index (Phi) is 8.07. The highest BCUT2D eigenvalue weighted by molar-refractivity contribution is 6.31. The molecule has 7 heteroatoms. The van der Waals surface area contributed by atoms with E-state index in [4.69, 9.17) is 25.8 Å². The molecule has 0 atom stereocenters. The summed E-state index contributed by atoms with van der Waals surface area (Å²) in [7, 11) is 4.82. The van der Waals surface area contributed by atoms with Crippen LogP contribution < -0.4 is 24.8 Å². The van der Waals surface area contributed by atoms with Crippen molar-refractivity contribution >= 4 is 17.6 Å². The van der Waals surface area contributed by atoms with E-state index in [2.05, 4.69) is 15.6 Å². The standard InChI is InChI=1S/C20H26ClN3O3/c1-5-22-20(23-12-14-8-6-7-9-16(14)21)24-13-15-10-18(26-3)19(27-4)11-17(15)25-2/h6-11H,5,12-13H2,1-4H3,(H2,22,23,24). The van der Waals surface area contributed by atoms with E-state index in [9.17, 15) is 0 Å². The van der Waals surface area contributed by atoms with Crippen LogP contribution in [0.3, 0.4) is 0 Å². The molecule has 0 aliphatic rings. The molecule has 2 rings (SSSR count). The molecular weight excluding hydrogens is 366 g/mol. The molecule has 0 fully saturated rings. The zero-order valence-corrected chi connectivity index (χ0v) is 16.9. The van der Waals surface area contributed by atoms with Crippen molar-refractivity contribution in [2.24, 2.45) is 4.99 Å². The number of nitrogens with zero attached hydrogens (tertiary/aromatic N) is 1. The molecule has 27 heavy (non-hydrogen) atoms. The molecule has 2 aromatic rings. The smallest absolute Gasteiger partial charge is 0.191 e. The number of nitrogens with one attached hydrogen (secondary N) is 2. The normalized spacial score (nSPS) is 11.1. The second-order valence-corrected chi connectivity index (χ2v) is 6.07. The summed E-state index contributed by atoms with van der Waals surface area (Å²) in [5.41, 5.74) is 1.90. The number of hydrogen-bond donors (Lipinski definition) is 2. The first-order valence-corrected chi connectivity index (χ1v) is 9.05. The van der Waals surface area contributed by atoms with E-state index >= 15 is 0 Å². The minimum Gasteiger partial charge on any atom is -0.496 e. The van der Waals surface area contributed by atoms with Crippen molar-refractivity contribution in [1.82, 2.24) is 10.6 Å². The van der Waals surface area contributed by atoms with Gasteiger partial charge >= 0.3 is 0 Å². The Morgan fingerprint density at radius 2 is 1.59 bits per heavy atom. The van der Waals surface area contributed by atoms with Gasteiger partial charge in [-0.15, -0.1) is 0 Å². The fourth-order valence-corrected chi connectivity index (χ4v) is 2.75. The van der Waals surface area contributed by atoms with Crippen LogP contribution in [0.25, 0.3) is 0 Å². The van der Waals surface area contributed by atoms with Gasteiger partial charge in [0.2, 0.25) is 0 Å². The summed E-state index contributed by atoms with van der Waals surface area (Å²) < 4.78 is 16.2. The van der Waals surface area contributed by atoms with Crippen molar-refractivity contribution in [3.8, 4) is 17.2 Å². The lowest BCUT2D eigenvalue weighted by molar-refractivity contribution is 0.347. The largest absolute Gasteiger partial charge is 0.496 e. The third-order valence-electron chi connectivity index (χ3n) is 3.94. The van der Waals surface area contributed by atoms with Gasteiger partial charge in [0.05, 0.1) is 27.9 Å². The molecule has 0 amide bonds. The Hall–Kier alpha value is -2.60. The molecule has 2 N–H and O–H groups in total. The van der Waals surface area contributed by atoms with Gasteiger partial charge in [-0.25, -0.2) is 4.99 Å². The van der Waals surface area contributed by atoms with Crippen LogP contribution >= 0.6 is 11.6 Å². The van der Waals surface area contributed by atoms with Gasteiger partial charge in [0, 0.05) is 29.7 Å². The minimum absolute atomic E-state index is 0.418. The summed E-state index contributed by atoms with van der Waals surface area (Å²) in [5.74, 6) is 2.64. The number of halogens is 1. The molecule has 0 aliphatic heterocycles. The van der Waals surface area contributed by atoms with Crippen LogP contribution in [0, 0.1) is 0 Å². The summed E-state index contributed by atoms with van der Waals surface area (Å²) in [4.78, 5) is 4.64. The third-order valence-corrected chi connectivity index (χ3v) is 4.31. The first-order chi connectivity index (χ1) is 13.1. The van der Waals surface area contributed by atoms with E-state index in [0.29, 0.717) is 36.3 Å². The van der Waals surface area contributed by atoms with Gasteiger partial charge in [-0.3, -0.25) is 0 Å². The van der Waals surface area contributed by atoms with Crippen LogP contribution in [0.5, 0.6) is 17.2 Å². The fraction of sp³-hybridized carbons (Fsp3) is 0.350. The first-order valence-electron chi connectivity index (χ1n) is 8.67. The number of rotatable bonds is 8. The van der Waals surface area contributed by atoms with E-state index in [0.717, 1.165) is 22.7 Å². The summed E-state index contributed by atoms with van der Waals surface area (Å²) in [5, 5.41) is 7.25. The van der Waals surface area contributed by atoms with Gasteiger partial charge in [0.25, 0.3) is 0 Å². The molecular formula is C20H26ClN3O3. The lowest BCUT2D eigenvalue weighted by atomic mass is 10.1. The highest BCUT2D eigenvalue weighted by Crippen LogP contribution is 2.34. The molecule has 0 spiro atoms. The maximum Gasteiger partial charge on any atom is 0.191 e. The van der Waals surface area contributed by atoms with Gasteiger partial charge in [-0.1, -0.05) is 29.8 Å². The van der Waals surface area contributed by atoms with E-state index in [-0.39, 0.29) is 0 Å². The van der Waals surface area contributed by atoms with Gasteiger partial charge in [0.1, 0.15) is 5.75 Å². The lowest BCUT2D eigenvalue weighted by Gasteiger charge is -2.15. The number of aliphatic imine (C=N–C) groups is 1. The predicted octanol–water partition coefficient (Wildman–Crippen LogP) is 3.62. The Morgan fingerprint density at radius 1 is 0.926 bits per heavy atom. The lowest BCUT2D eigenvalue weighted by Crippen LogP contribution is -2.36. The molecule has 0 unspecified atom stereocenters. The molecule has 6 nitrogen and oxygen atoms in total. The maximum absolute atomic E-state index is 6.22. The van der Waals surface area contributed by atoms with Gasteiger partial charge in [-0.05, 0) is 24.6 Å². The minimum atomic E-state index is 0.418. The highest BCUT2D eigenvalue weighted by atomic mass is 35.5. The molecule has 0 saturated heterocycles. The predicted molar refractivity (Wildman–Crippen MR) is 109 cm³/mol. The molecule has 0 heterocycles. The monoisotopic (exact) mass is 391 g/mol. The average Bonchev–Trinajstić information content (AvgIpc) is 2.70. The Balaban J connectivity index is 2.17. The molecule has 0 saturated carbocycles. The number of guanidine groups is 1. The third kappa shape index (κ3) is 5.69. The SMILES string of the molecule is CCNC(=NCc1cc(OC)c(OC)cc1OC)NCc1ccccc1Cl. The summed E-state index contributed by atoms with van der Waals surface area (Å²) >= 11 is 6.22. The van der Waals surface area contributed by atoms with E-state index in [1.165, 1.54) is 0 Å². The second kappa shape index (κ2) is 10.5. The second-order valence-electron chi connectivity index (χ2n) is 5.66. The van der Waals surface area contributed by atoms with Crippen LogP contribution in [0.15, 0.2) is 41.4 Å². The number of benzene rings is 2. The zero-order chi connectivity index (χ0) is 19.6. The van der Waals surface area contributed by atoms with Crippen molar-refractivity contribution in [3.63, 3.8) is 0 Å². The van der Waals surface area contributed by atoms with E-state index in [1.807, 2.05) is 37.3 Å². The number of ether oxygens (including phenoxy) is 3.